The summed E-state index contributed by atoms with van der Waals surface area (Å²) in [6.07, 6.45) is 1.61. The molecule has 0 unspecified atom stereocenters. The van der Waals surface area contributed by atoms with Crippen LogP contribution in [0, 0.1) is 0 Å². The number of hydrogen-bond donors (Lipinski definition) is 2. The molecule has 5 nitrogen and oxygen atoms in total. The molecule has 1 amide bonds. The van der Waals surface area contributed by atoms with Crippen LogP contribution in [-0.2, 0) is 11.8 Å². The van der Waals surface area contributed by atoms with E-state index in [9.17, 15) is 4.79 Å². The fourth-order valence-corrected chi connectivity index (χ4v) is 0.737. The third-order valence-electron chi connectivity index (χ3n) is 1.49. The van der Waals surface area contributed by atoms with E-state index in [0.29, 0.717) is 5.82 Å². The van der Waals surface area contributed by atoms with Crippen LogP contribution in [0.25, 0.3) is 0 Å². The molecule has 1 aromatic heterocycles. The fourth-order valence-electron chi connectivity index (χ4n) is 0.737. The monoisotopic (exact) mass is 168 g/mol. The Bertz CT molecular complexity index is 279. The minimum Gasteiger partial charge on any atom is -0.320 e. The zero-order valence-corrected chi connectivity index (χ0v) is 7.11. The molecule has 5 heteroatoms. The number of carbonyl (C=O) groups is 1. The number of amides is 1. The molecule has 0 saturated carbocycles. The van der Waals surface area contributed by atoms with Gasteiger partial charge >= 0.3 is 0 Å². The second kappa shape index (κ2) is 3.36. The van der Waals surface area contributed by atoms with Gasteiger partial charge in [0.2, 0.25) is 5.91 Å². The SMILES string of the molecule is C[C@@H](N)C(=O)Nc1ccnn1C. The van der Waals surface area contributed by atoms with Gasteiger partial charge in [-0.25, -0.2) is 0 Å². The van der Waals surface area contributed by atoms with Gasteiger partial charge in [-0.1, -0.05) is 0 Å². The number of nitrogens with zero attached hydrogens (tertiary/aromatic N) is 2. The Labute approximate surface area is 70.5 Å². The zero-order valence-electron chi connectivity index (χ0n) is 7.11. The Balaban J connectivity index is 2.64. The van der Waals surface area contributed by atoms with E-state index >= 15 is 0 Å². The molecule has 1 atom stereocenters. The molecule has 0 aliphatic rings. The van der Waals surface area contributed by atoms with Gasteiger partial charge in [0, 0.05) is 13.1 Å². The van der Waals surface area contributed by atoms with Crippen LogP contribution in [0.1, 0.15) is 6.92 Å². The minimum atomic E-state index is -0.500. The van der Waals surface area contributed by atoms with Crippen molar-refractivity contribution in [3.05, 3.63) is 12.3 Å². The lowest BCUT2D eigenvalue weighted by Gasteiger charge is -2.06. The summed E-state index contributed by atoms with van der Waals surface area (Å²) in [7, 11) is 1.75. The van der Waals surface area contributed by atoms with Crippen molar-refractivity contribution in [2.75, 3.05) is 5.32 Å². The van der Waals surface area contributed by atoms with Crippen molar-refractivity contribution in [3.63, 3.8) is 0 Å². The van der Waals surface area contributed by atoms with Crippen LogP contribution in [0.3, 0.4) is 0 Å². The molecule has 0 saturated heterocycles. The number of aromatic nitrogens is 2. The molecule has 1 rings (SSSR count). The lowest BCUT2D eigenvalue weighted by atomic mass is 10.3. The van der Waals surface area contributed by atoms with Gasteiger partial charge in [0.05, 0.1) is 12.2 Å². The maximum atomic E-state index is 11.1. The van der Waals surface area contributed by atoms with E-state index in [4.69, 9.17) is 5.73 Å². The van der Waals surface area contributed by atoms with Crippen LogP contribution >= 0.6 is 0 Å². The molecule has 12 heavy (non-hydrogen) atoms. The van der Waals surface area contributed by atoms with Gasteiger partial charge in [-0.3, -0.25) is 9.48 Å². The van der Waals surface area contributed by atoms with Gasteiger partial charge in [-0.15, -0.1) is 0 Å². The number of hydrogen-bond acceptors (Lipinski definition) is 3. The van der Waals surface area contributed by atoms with E-state index in [0.717, 1.165) is 0 Å². The number of anilines is 1. The van der Waals surface area contributed by atoms with Gasteiger partial charge in [0.1, 0.15) is 5.82 Å². The topological polar surface area (TPSA) is 72.9 Å². The largest absolute Gasteiger partial charge is 0.320 e. The summed E-state index contributed by atoms with van der Waals surface area (Å²) in [5.74, 6) is 0.441. The third kappa shape index (κ3) is 1.82. The van der Waals surface area contributed by atoms with Crippen molar-refractivity contribution in [1.29, 1.82) is 0 Å². The minimum absolute atomic E-state index is 0.210. The molecule has 0 aliphatic carbocycles. The Hall–Kier alpha value is -1.36. The maximum absolute atomic E-state index is 11.1. The second-order valence-corrected chi connectivity index (χ2v) is 2.62. The quantitative estimate of drug-likeness (QED) is 0.637. The summed E-state index contributed by atoms with van der Waals surface area (Å²) in [4.78, 5) is 11.1. The smallest absolute Gasteiger partial charge is 0.242 e. The molecular formula is C7H12N4O. The highest BCUT2D eigenvalue weighted by atomic mass is 16.2. The lowest BCUT2D eigenvalue weighted by Crippen LogP contribution is -2.33. The highest BCUT2D eigenvalue weighted by Gasteiger charge is 2.08. The van der Waals surface area contributed by atoms with Crippen molar-refractivity contribution >= 4 is 11.7 Å². The van der Waals surface area contributed by atoms with E-state index in [-0.39, 0.29) is 5.91 Å². The normalized spacial score (nSPS) is 12.6. The number of carbonyl (C=O) groups excluding carboxylic acids is 1. The Morgan fingerprint density at radius 1 is 1.83 bits per heavy atom. The summed E-state index contributed by atoms with van der Waals surface area (Å²) < 4.78 is 1.57. The lowest BCUT2D eigenvalue weighted by molar-refractivity contribution is -0.117. The molecule has 0 aromatic carbocycles. The summed E-state index contributed by atoms with van der Waals surface area (Å²) in [6, 6.07) is 1.21. The molecule has 1 aromatic rings. The van der Waals surface area contributed by atoms with Crippen molar-refractivity contribution in [2.45, 2.75) is 13.0 Å². The first-order valence-corrected chi connectivity index (χ1v) is 3.65. The van der Waals surface area contributed by atoms with E-state index in [1.807, 2.05) is 0 Å². The standard InChI is InChI=1S/C7H12N4O/c1-5(8)7(12)10-6-3-4-9-11(6)2/h3-5H,8H2,1-2H3,(H,10,12)/t5-/m1/s1. The van der Waals surface area contributed by atoms with Gasteiger partial charge < -0.3 is 11.1 Å². The van der Waals surface area contributed by atoms with Crippen LogP contribution in [0.5, 0.6) is 0 Å². The number of nitrogens with two attached hydrogens (primary N) is 1. The van der Waals surface area contributed by atoms with Gasteiger partial charge in [0.25, 0.3) is 0 Å². The van der Waals surface area contributed by atoms with Crippen LogP contribution in [-0.4, -0.2) is 21.7 Å². The summed E-state index contributed by atoms with van der Waals surface area (Å²) in [6.45, 7) is 1.63. The number of aryl methyl sites for hydroxylation is 1. The Morgan fingerprint density at radius 2 is 2.50 bits per heavy atom. The van der Waals surface area contributed by atoms with E-state index in [2.05, 4.69) is 10.4 Å². The second-order valence-electron chi connectivity index (χ2n) is 2.62. The Morgan fingerprint density at radius 3 is 2.92 bits per heavy atom. The zero-order chi connectivity index (χ0) is 9.14. The summed E-state index contributed by atoms with van der Waals surface area (Å²) in [5, 5.41) is 6.52. The molecule has 1 heterocycles. The van der Waals surface area contributed by atoms with Crippen molar-refractivity contribution in [1.82, 2.24) is 9.78 Å². The molecule has 0 radical (unpaired) electrons. The first-order valence-electron chi connectivity index (χ1n) is 3.65. The van der Waals surface area contributed by atoms with Crippen LogP contribution in [0.4, 0.5) is 5.82 Å². The average Bonchev–Trinajstić information content (AvgIpc) is 2.36. The number of rotatable bonds is 2. The van der Waals surface area contributed by atoms with E-state index in [1.165, 1.54) is 0 Å². The maximum Gasteiger partial charge on any atom is 0.242 e. The van der Waals surface area contributed by atoms with Gasteiger partial charge in [-0.05, 0) is 6.92 Å². The first kappa shape index (κ1) is 8.73. The van der Waals surface area contributed by atoms with Crippen molar-refractivity contribution in [2.24, 2.45) is 12.8 Å². The van der Waals surface area contributed by atoms with Crippen LogP contribution < -0.4 is 11.1 Å². The number of nitrogens with one attached hydrogen (secondary N) is 1. The molecular weight excluding hydrogens is 156 g/mol. The average molecular weight is 168 g/mol. The molecule has 0 aliphatic heterocycles. The predicted octanol–water partition coefficient (Wildman–Crippen LogP) is -0.294. The third-order valence-corrected chi connectivity index (χ3v) is 1.49. The molecule has 0 spiro atoms. The van der Waals surface area contributed by atoms with Crippen molar-refractivity contribution < 1.29 is 4.79 Å². The fraction of sp³-hybridized carbons (Fsp3) is 0.429. The highest BCUT2D eigenvalue weighted by Crippen LogP contribution is 2.02. The van der Waals surface area contributed by atoms with E-state index < -0.39 is 6.04 Å². The summed E-state index contributed by atoms with van der Waals surface area (Å²) >= 11 is 0. The molecule has 3 N–H and O–H groups in total. The van der Waals surface area contributed by atoms with Crippen molar-refractivity contribution in [3.8, 4) is 0 Å². The van der Waals surface area contributed by atoms with E-state index in [1.54, 1.807) is 30.9 Å². The predicted molar refractivity (Wildman–Crippen MR) is 45.5 cm³/mol. The van der Waals surface area contributed by atoms with Gasteiger partial charge in [-0.2, -0.15) is 5.10 Å². The van der Waals surface area contributed by atoms with Gasteiger partial charge in [0.15, 0.2) is 0 Å². The first-order chi connectivity index (χ1) is 5.61. The van der Waals surface area contributed by atoms with Crippen LogP contribution in [0.15, 0.2) is 12.3 Å². The highest BCUT2D eigenvalue weighted by molar-refractivity contribution is 5.93. The molecule has 66 valence electrons. The summed E-state index contributed by atoms with van der Waals surface area (Å²) in [5.41, 5.74) is 5.36. The molecule has 0 bridgehead atoms. The Kier molecular flexibility index (Phi) is 2.44. The molecule has 0 fully saturated rings. The van der Waals surface area contributed by atoms with Crippen LogP contribution in [0.2, 0.25) is 0 Å².